The second kappa shape index (κ2) is 11.2. The zero-order valence-electron chi connectivity index (χ0n) is 19.2. The summed E-state index contributed by atoms with van der Waals surface area (Å²) in [6, 6.07) is 6.87. The first kappa shape index (κ1) is 23.2. The predicted molar refractivity (Wildman–Crippen MR) is 123 cm³/mol. The molecule has 0 aliphatic carbocycles. The number of rotatable bonds is 9. The number of amides is 1. The van der Waals surface area contributed by atoms with E-state index < -0.39 is 0 Å². The fraction of sp³-hybridized carbons (Fsp3) is 0.560. The van der Waals surface area contributed by atoms with Crippen LogP contribution in [0.4, 0.5) is 10.2 Å². The summed E-state index contributed by atoms with van der Waals surface area (Å²) in [4.78, 5) is 26.0. The number of aromatic nitrogens is 2. The van der Waals surface area contributed by atoms with Gasteiger partial charge in [-0.2, -0.15) is 0 Å². The molecule has 0 unspecified atom stereocenters. The van der Waals surface area contributed by atoms with E-state index in [-0.39, 0.29) is 11.7 Å². The average Bonchev–Trinajstić information content (AvgIpc) is 2.76. The molecule has 1 aromatic carbocycles. The summed E-state index contributed by atoms with van der Waals surface area (Å²) in [6.45, 7) is 8.94. The van der Waals surface area contributed by atoms with Gasteiger partial charge in [0.05, 0.1) is 0 Å². The molecule has 1 aliphatic rings. The van der Waals surface area contributed by atoms with Crippen LogP contribution in [0.25, 0.3) is 0 Å². The zero-order chi connectivity index (χ0) is 22.2. The summed E-state index contributed by atoms with van der Waals surface area (Å²) in [5.41, 5.74) is 2.50. The number of hydrogen-bond acceptors (Lipinski definition) is 4. The van der Waals surface area contributed by atoms with Crippen molar-refractivity contribution in [3.8, 4) is 0 Å². The van der Waals surface area contributed by atoms with E-state index in [9.17, 15) is 9.18 Å². The molecule has 0 saturated carbocycles. The Morgan fingerprint density at radius 2 is 1.71 bits per heavy atom. The normalized spacial score (nSPS) is 14.2. The number of halogens is 1. The molecular weight excluding hydrogens is 391 g/mol. The van der Waals surface area contributed by atoms with Crippen molar-refractivity contribution in [2.45, 2.75) is 65.7 Å². The fourth-order valence-electron chi connectivity index (χ4n) is 4.22. The van der Waals surface area contributed by atoms with Crippen molar-refractivity contribution in [2.24, 2.45) is 0 Å². The first-order valence-electron chi connectivity index (χ1n) is 11.6. The van der Waals surface area contributed by atoms with Crippen molar-refractivity contribution in [2.75, 3.05) is 31.1 Å². The Morgan fingerprint density at radius 1 is 1.00 bits per heavy atom. The van der Waals surface area contributed by atoms with Crippen LogP contribution >= 0.6 is 0 Å². The van der Waals surface area contributed by atoms with Crippen molar-refractivity contribution in [1.29, 1.82) is 0 Å². The average molecular weight is 427 g/mol. The number of anilines is 1. The van der Waals surface area contributed by atoms with Crippen molar-refractivity contribution in [3.05, 3.63) is 52.7 Å². The molecule has 0 spiro atoms. The summed E-state index contributed by atoms with van der Waals surface area (Å²) >= 11 is 0. The van der Waals surface area contributed by atoms with Crippen molar-refractivity contribution in [1.82, 2.24) is 14.9 Å². The summed E-state index contributed by atoms with van der Waals surface area (Å²) in [6.07, 6.45) is 6.92. The SMILES string of the molecule is CCCCCCCC(=O)N1CCN(c2nc(C)nc(C)c2Cc2ccccc2F)CC1. The van der Waals surface area contributed by atoms with Gasteiger partial charge in [0.1, 0.15) is 17.5 Å². The lowest BCUT2D eigenvalue weighted by molar-refractivity contribution is -0.131. The maximum Gasteiger partial charge on any atom is 0.222 e. The number of benzene rings is 1. The lowest BCUT2D eigenvalue weighted by atomic mass is 10.0. The second-order valence-electron chi connectivity index (χ2n) is 8.46. The smallest absolute Gasteiger partial charge is 0.222 e. The second-order valence-corrected chi connectivity index (χ2v) is 8.46. The van der Waals surface area contributed by atoms with Gasteiger partial charge in [0, 0.05) is 50.3 Å². The molecule has 1 aliphatic heterocycles. The number of unbranched alkanes of at least 4 members (excludes halogenated alkanes) is 4. The van der Waals surface area contributed by atoms with Gasteiger partial charge in [-0.3, -0.25) is 4.79 Å². The monoisotopic (exact) mass is 426 g/mol. The van der Waals surface area contributed by atoms with Crippen LogP contribution in [0.5, 0.6) is 0 Å². The van der Waals surface area contributed by atoms with Gasteiger partial charge in [0.15, 0.2) is 0 Å². The lowest BCUT2D eigenvalue weighted by Gasteiger charge is -2.36. The van der Waals surface area contributed by atoms with Crippen LogP contribution in [0.2, 0.25) is 0 Å². The molecule has 1 fully saturated rings. The fourth-order valence-corrected chi connectivity index (χ4v) is 4.22. The van der Waals surface area contributed by atoms with Crippen molar-refractivity contribution < 1.29 is 9.18 Å². The highest BCUT2D eigenvalue weighted by Crippen LogP contribution is 2.26. The Hall–Kier alpha value is -2.50. The van der Waals surface area contributed by atoms with E-state index in [0.29, 0.717) is 31.5 Å². The topological polar surface area (TPSA) is 49.3 Å². The van der Waals surface area contributed by atoms with Gasteiger partial charge < -0.3 is 9.80 Å². The van der Waals surface area contributed by atoms with E-state index in [4.69, 9.17) is 4.98 Å². The van der Waals surface area contributed by atoms with Gasteiger partial charge in [0.25, 0.3) is 0 Å². The Morgan fingerprint density at radius 3 is 2.42 bits per heavy atom. The molecule has 0 N–H and O–H groups in total. The number of hydrogen-bond donors (Lipinski definition) is 0. The highest BCUT2D eigenvalue weighted by atomic mass is 19.1. The minimum Gasteiger partial charge on any atom is -0.353 e. The van der Waals surface area contributed by atoms with E-state index in [0.717, 1.165) is 48.8 Å². The largest absolute Gasteiger partial charge is 0.353 e. The molecule has 168 valence electrons. The first-order chi connectivity index (χ1) is 15.0. The van der Waals surface area contributed by atoms with Gasteiger partial charge in [-0.05, 0) is 31.9 Å². The Bertz CT molecular complexity index is 878. The molecule has 6 heteroatoms. The Kier molecular flexibility index (Phi) is 8.38. The van der Waals surface area contributed by atoms with Gasteiger partial charge in [-0.1, -0.05) is 50.8 Å². The summed E-state index contributed by atoms with van der Waals surface area (Å²) in [7, 11) is 0. The maximum atomic E-state index is 14.3. The third-order valence-corrected chi connectivity index (χ3v) is 6.06. The van der Waals surface area contributed by atoms with E-state index >= 15 is 0 Å². The summed E-state index contributed by atoms with van der Waals surface area (Å²) in [5.74, 6) is 1.65. The zero-order valence-corrected chi connectivity index (χ0v) is 19.2. The van der Waals surface area contributed by atoms with E-state index in [2.05, 4.69) is 16.8 Å². The van der Waals surface area contributed by atoms with Crippen LogP contribution in [0.15, 0.2) is 24.3 Å². The molecule has 1 aromatic heterocycles. The Labute approximate surface area is 185 Å². The molecular formula is C25H35FN4O. The maximum absolute atomic E-state index is 14.3. The third-order valence-electron chi connectivity index (χ3n) is 6.06. The molecule has 2 aromatic rings. The van der Waals surface area contributed by atoms with Crippen LogP contribution < -0.4 is 4.90 Å². The highest BCUT2D eigenvalue weighted by molar-refractivity contribution is 5.76. The van der Waals surface area contributed by atoms with Crippen molar-refractivity contribution in [3.63, 3.8) is 0 Å². The minimum atomic E-state index is -0.206. The highest BCUT2D eigenvalue weighted by Gasteiger charge is 2.24. The molecule has 0 atom stereocenters. The number of nitrogens with zero attached hydrogens (tertiary/aromatic N) is 4. The molecule has 2 heterocycles. The van der Waals surface area contributed by atoms with Gasteiger partial charge in [-0.25, -0.2) is 14.4 Å². The van der Waals surface area contributed by atoms with Crippen LogP contribution in [-0.2, 0) is 11.2 Å². The quantitative estimate of drug-likeness (QED) is 0.539. The van der Waals surface area contributed by atoms with Crippen LogP contribution in [0, 0.1) is 19.7 Å². The van der Waals surface area contributed by atoms with Crippen LogP contribution in [0.3, 0.4) is 0 Å². The summed E-state index contributed by atoms with van der Waals surface area (Å²) < 4.78 is 14.3. The molecule has 1 saturated heterocycles. The molecule has 1 amide bonds. The van der Waals surface area contributed by atoms with E-state index in [1.54, 1.807) is 6.07 Å². The third kappa shape index (κ3) is 6.25. The van der Waals surface area contributed by atoms with Gasteiger partial charge in [-0.15, -0.1) is 0 Å². The molecule has 0 bridgehead atoms. The summed E-state index contributed by atoms with van der Waals surface area (Å²) in [5, 5.41) is 0. The van der Waals surface area contributed by atoms with E-state index in [1.807, 2.05) is 30.9 Å². The molecule has 0 radical (unpaired) electrons. The van der Waals surface area contributed by atoms with E-state index in [1.165, 1.54) is 25.3 Å². The lowest BCUT2D eigenvalue weighted by Crippen LogP contribution is -2.49. The number of piperazine rings is 1. The molecule has 31 heavy (non-hydrogen) atoms. The predicted octanol–water partition coefficient (Wildman–Crippen LogP) is 4.83. The first-order valence-corrected chi connectivity index (χ1v) is 11.6. The van der Waals surface area contributed by atoms with Gasteiger partial charge in [0.2, 0.25) is 5.91 Å². The van der Waals surface area contributed by atoms with Crippen molar-refractivity contribution >= 4 is 11.7 Å². The van der Waals surface area contributed by atoms with Gasteiger partial charge >= 0.3 is 0 Å². The number of carbonyl (C=O) groups is 1. The molecule has 5 nitrogen and oxygen atoms in total. The minimum absolute atomic E-state index is 0.206. The standard InChI is InChI=1S/C25H35FN4O/c1-4-5-6-7-8-13-24(31)29-14-16-30(17-15-29)25-22(19(2)27-20(3)28-25)18-21-11-9-10-12-23(21)26/h9-12H,4-8,13-18H2,1-3H3. The number of carbonyl (C=O) groups excluding carboxylic acids is 1. The number of aryl methyl sites for hydroxylation is 2. The Balaban J connectivity index is 1.65. The van der Waals surface area contributed by atoms with Crippen LogP contribution in [0.1, 0.15) is 68.1 Å². The van der Waals surface area contributed by atoms with Crippen LogP contribution in [-0.4, -0.2) is 47.0 Å². The molecule has 3 rings (SSSR count).